The van der Waals surface area contributed by atoms with Gasteiger partial charge in [-0.2, -0.15) is 0 Å². The lowest BCUT2D eigenvalue weighted by Gasteiger charge is -2.12. The van der Waals surface area contributed by atoms with E-state index in [2.05, 4.69) is 5.32 Å². The summed E-state index contributed by atoms with van der Waals surface area (Å²) in [7, 11) is 0. The van der Waals surface area contributed by atoms with E-state index in [1.807, 2.05) is 0 Å². The lowest BCUT2D eigenvalue weighted by molar-refractivity contribution is -0.384. The number of nitrogens with zero attached hydrogens (tertiary/aromatic N) is 1. The third-order valence-electron chi connectivity index (χ3n) is 3.40. The van der Waals surface area contributed by atoms with Crippen molar-refractivity contribution in [3.63, 3.8) is 0 Å². The Balaban J connectivity index is 1.98. The number of amides is 1. The molecule has 0 aliphatic heterocycles. The van der Waals surface area contributed by atoms with Gasteiger partial charge in [-0.25, -0.2) is 4.79 Å². The summed E-state index contributed by atoms with van der Waals surface area (Å²) in [6.45, 7) is 0.933. The number of para-hydroxylation sites is 1. The van der Waals surface area contributed by atoms with Gasteiger partial charge in [0.05, 0.1) is 4.92 Å². The van der Waals surface area contributed by atoms with Gasteiger partial charge in [0.2, 0.25) is 0 Å². The van der Waals surface area contributed by atoms with Crippen molar-refractivity contribution in [1.29, 1.82) is 0 Å². The molecule has 130 valence electrons. The lowest BCUT2D eigenvalue weighted by atomic mass is 10.1. The number of carbonyl (C=O) groups is 2. The van der Waals surface area contributed by atoms with Gasteiger partial charge in [0, 0.05) is 6.07 Å². The van der Waals surface area contributed by atoms with Crippen LogP contribution in [0.1, 0.15) is 17.2 Å². The number of anilines is 1. The third-order valence-corrected chi connectivity index (χ3v) is 3.40. The zero-order valence-corrected chi connectivity index (χ0v) is 13.3. The number of esters is 1. The molecule has 0 saturated carbocycles. The SMILES string of the molecule is Cc1cccc([N+](=O)[O-])c1NC(=O)COC(=O)[C@@H](O)c1ccccc1. The molecule has 0 bridgehead atoms. The number of rotatable bonds is 6. The van der Waals surface area contributed by atoms with Crippen LogP contribution in [0.15, 0.2) is 48.5 Å². The Bertz CT molecular complexity index is 791. The first-order chi connectivity index (χ1) is 11.9. The summed E-state index contributed by atoms with van der Waals surface area (Å²) in [4.78, 5) is 34.1. The van der Waals surface area contributed by atoms with E-state index in [0.29, 0.717) is 11.1 Å². The van der Waals surface area contributed by atoms with E-state index in [1.54, 1.807) is 43.3 Å². The van der Waals surface area contributed by atoms with E-state index in [1.165, 1.54) is 12.1 Å². The maximum absolute atomic E-state index is 11.9. The zero-order valence-electron chi connectivity index (χ0n) is 13.3. The molecule has 1 amide bonds. The Morgan fingerprint density at radius 1 is 1.20 bits per heavy atom. The number of aliphatic hydroxyl groups excluding tert-OH is 1. The van der Waals surface area contributed by atoms with Crippen molar-refractivity contribution in [2.75, 3.05) is 11.9 Å². The molecule has 0 heterocycles. The van der Waals surface area contributed by atoms with E-state index in [-0.39, 0.29) is 11.4 Å². The van der Waals surface area contributed by atoms with Crippen LogP contribution in [0.3, 0.4) is 0 Å². The summed E-state index contributed by atoms with van der Waals surface area (Å²) in [5, 5.41) is 23.2. The number of nitrogens with one attached hydrogen (secondary N) is 1. The molecule has 0 radical (unpaired) electrons. The lowest BCUT2D eigenvalue weighted by Crippen LogP contribution is -2.24. The van der Waals surface area contributed by atoms with Gasteiger partial charge in [-0.1, -0.05) is 42.5 Å². The summed E-state index contributed by atoms with van der Waals surface area (Å²) >= 11 is 0. The topological polar surface area (TPSA) is 119 Å². The second-order valence-corrected chi connectivity index (χ2v) is 5.20. The van der Waals surface area contributed by atoms with Crippen LogP contribution in [-0.4, -0.2) is 28.5 Å². The average Bonchev–Trinajstić information content (AvgIpc) is 2.61. The molecule has 1 atom stereocenters. The number of nitro groups is 1. The molecule has 0 aliphatic carbocycles. The molecule has 0 saturated heterocycles. The van der Waals surface area contributed by atoms with Crippen molar-refractivity contribution in [3.8, 4) is 0 Å². The second-order valence-electron chi connectivity index (χ2n) is 5.20. The first kappa shape index (κ1) is 18.1. The smallest absolute Gasteiger partial charge is 0.340 e. The summed E-state index contributed by atoms with van der Waals surface area (Å²) in [5.41, 5.74) is 0.613. The summed E-state index contributed by atoms with van der Waals surface area (Å²) < 4.78 is 4.76. The van der Waals surface area contributed by atoms with Gasteiger partial charge in [0.15, 0.2) is 12.7 Å². The fraction of sp³-hybridized carbons (Fsp3) is 0.176. The van der Waals surface area contributed by atoms with E-state index >= 15 is 0 Å². The molecule has 0 unspecified atom stereocenters. The van der Waals surface area contributed by atoms with Crippen molar-refractivity contribution >= 4 is 23.3 Å². The van der Waals surface area contributed by atoms with E-state index in [0.717, 1.165) is 0 Å². The van der Waals surface area contributed by atoms with Crippen LogP contribution in [0.25, 0.3) is 0 Å². The average molecular weight is 344 g/mol. The third kappa shape index (κ3) is 4.61. The Morgan fingerprint density at radius 3 is 2.52 bits per heavy atom. The first-order valence-corrected chi connectivity index (χ1v) is 7.33. The Morgan fingerprint density at radius 2 is 1.88 bits per heavy atom. The fourth-order valence-electron chi connectivity index (χ4n) is 2.13. The van der Waals surface area contributed by atoms with Crippen LogP contribution in [0.2, 0.25) is 0 Å². The monoisotopic (exact) mass is 344 g/mol. The van der Waals surface area contributed by atoms with Crippen LogP contribution in [0.4, 0.5) is 11.4 Å². The van der Waals surface area contributed by atoms with Gasteiger partial charge in [0.1, 0.15) is 5.69 Å². The number of ether oxygens (including phenoxy) is 1. The highest BCUT2D eigenvalue weighted by Gasteiger charge is 2.21. The molecule has 0 aliphatic rings. The van der Waals surface area contributed by atoms with E-state index in [9.17, 15) is 24.8 Å². The number of hydrogen-bond donors (Lipinski definition) is 2. The highest BCUT2D eigenvalue weighted by molar-refractivity contribution is 5.96. The maximum Gasteiger partial charge on any atom is 0.340 e. The van der Waals surface area contributed by atoms with Crippen molar-refractivity contribution in [2.24, 2.45) is 0 Å². The number of benzene rings is 2. The van der Waals surface area contributed by atoms with Crippen molar-refractivity contribution in [1.82, 2.24) is 0 Å². The predicted molar refractivity (Wildman–Crippen MR) is 88.8 cm³/mol. The number of carbonyl (C=O) groups excluding carboxylic acids is 2. The quantitative estimate of drug-likeness (QED) is 0.471. The fourth-order valence-corrected chi connectivity index (χ4v) is 2.13. The minimum absolute atomic E-state index is 0.0390. The van der Waals surface area contributed by atoms with E-state index in [4.69, 9.17) is 4.74 Å². The molecule has 8 nitrogen and oxygen atoms in total. The summed E-state index contributed by atoms with van der Waals surface area (Å²) in [6.07, 6.45) is -1.51. The first-order valence-electron chi connectivity index (χ1n) is 7.33. The predicted octanol–water partition coefficient (Wildman–Crippen LogP) is 2.12. The van der Waals surface area contributed by atoms with Crippen LogP contribution >= 0.6 is 0 Å². The molecular formula is C17H16N2O6. The normalized spacial score (nSPS) is 11.4. The highest BCUT2D eigenvalue weighted by atomic mass is 16.6. The van der Waals surface area contributed by atoms with Crippen molar-refractivity contribution in [2.45, 2.75) is 13.0 Å². The molecule has 0 aromatic heterocycles. The minimum atomic E-state index is -1.51. The molecule has 25 heavy (non-hydrogen) atoms. The molecular weight excluding hydrogens is 328 g/mol. The van der Waals surface area contributed by atoms with Crippen LogP contribution in [0, 0.1) is 17.0 Å². The molecule has 8 heteroatoms. The van der Waals surface area contributed by atoms with Crippen molar-refractivity contribution < 1.29 is 24.4 Å². The molecule has 0 fully saturated rings. The number of aryl methyl sites for hydroxylation is 1. The number of nitro benzene ring substituents is 1. The van der Waals surface area contributed by atoms with Gasteiger partial charge < -0.3 is 15.2 Å². The van der Waals surface area contributed by atoms with Gasteiger partial charge in [-0.3, -0.25) is 14.9 Å². The second kappa shape index (κ2) is 8.02. The van der Waals surface area contributed by atoms with Crippen LogP contribution in [0.5, 0.6) is 0 Å². The molecule has 2 N–H and O–H groups in total. The van der Waals surface area contributed by atoms with Crippen LogP contribution < -0.4 is 5.32 Å². The molecule has 0 spiro atoms. The zero-order chi connectivity index (χ0) is 18.4. The van der Waals surface area contributed by atoms with Gasteiger partial charge in [-0.05, 0) is 18.1 Å². The van der Waals surface area contributed by atoms with Gasteiger partial charge >= 0.3 is 5.97 Å². The summed E-state index contributed by atoms with van der Waals surface area (Å²) in [6, 6.07) is 12.5. The van der Waals surface area contributed by atoms with E-state index < -0.39 is 29.5 Å². The maximum atomic E-state index is 11.9. The highest BCUT2D eigenvalue weighted by Crippen LogP contribution is 2.27. The molecule has 2 aromatic carbocycles. The van der Waals surface area contributed by atoms with Gasteiger partial charge in [-0.15, -0.1) is 0 Å². The van der Waals surface area contributed by atoms with Gasteiger partial charge in [0.25, 0.3) is 11.6 Å². The Kier molecular flexibility index (Phi) is 5.80. The minimum Gasteiger partial charge on any atom is -0.453 e. The standard InChI is InChI=1S/C17H16N2O6/c1-11-6-5-9-13(19(23)24)15(11)18-14(20)10-25-17(22)16(21)12-7-3-2-4-8-12/h2-9,16,21H,10H2,1H3,(H,18,20)/t16-/m0/s1. The summed E-state index contributed by atoms with van der Waals surface area (Å²) in [5.74, 6) is -1.73. The molecule has 2 aromatic rings. The number of aliphatic hydroxyl groups is 1. The van der Waals surface area contributed by atoms with Crippen LogP contribution in [-0.2, 0) is 14.3 Å². The Labute approximate surface area is 143 Å². The number of hydrogen-bond acceptors (Lipinski definition) is 6. The Hall–Kier alpha value is -3.26. The van der Waals surface area contributed by atoms with Crippen molar-refractivity contribution in [3.05, 3.63) is 69.8 Å². The largest absolute Gasteiger partial charge is 0.453 e. The molecule has 2 rings (SSSR count).